The predicted octanol–water partition coefficient (Wildman–Crippen LogP) is 3.74. The van der Waals surface area contributed by atoms with Crippen LogP contribution >= 0.6 is 0 Å². The van der Waals surface area contributed by atoms with Crippen molar-refractivity contribution in [3.05, 3.63) is 11.6 Å². The molecule has 6 aliphatic rings. The molecule has 4 saturated carbocycles. The summed E-state index contributed by atoms with van der Waals surface area (Å²) in [4.78, 5) is 37.5. The SMILES string of the molecule is CC(=O)O[C@H]1C[C@]2(O)[C@@H]3CC[C@@H]4CC([C@H]5CN(C(=O)O)CCCN5)CC[C@]4(C)[C@H]3CC[C@]2(C)[C@H]1C1=CC(=O)OC1. The third-order valence-corrected chi connectivity index (χ3v) is 12.5. The molecule has 222 valence electrons. The van der Waals surface area contributed by atoms with Gasteiger partial charge in [0.1, 0.15) is 12.7 Å². The molecule has 40 heavy (non-hydrogen) atoms. The fourth-order valence-corrected chi connectivity index (χ4v) is 10.6. The number of esters is 2. The number of fused-ring (bicyclic) bond motifs is 5. The molecule has 1 unspecified atom stereocenters. The third kappa shape index (κ3) is 4.29. The number of rotatable bonds is 3. The molecule has 6 rings (SSSR count). The van der Waals surface area contributed by atoms with Crippen LogP contribution in [0, 0.1) is 40.4 Å². The minimum Gasteiger partial charge on any atom is -0.465 e. The second-order valence-corrected chi connectivity index (χ2v) is 14.2. The van der Waals surface area contributed by atoms with E-state index >= 15 is 0 Å². The van der Waals surface area contributed by atoms with E-state index in [1.165, 1.54) is 6.92 Å². The van der Waals surface area contributed by atoms with Crippen LogP contribution in [0.25, 0.3) is 0 Å². The normalized spacial score (nSPS) is 46.8. The van der Waals surface area contributed by atoms with E-state index in [1.54, 1.807) is 11.0 Å². The highest BCUT2D eigenvalue weighted by Crippen LogP contribution is 2.70. The zero-order valence-corrected chi connectivity index (χ0v) is 24.2. The van der Waals surface area contributed by atoms with Crippen LogP contribution in [0.4, 0.5) is 4.79 Å². The van der Waals surface area contributed by atoms with E-state index in [4.69, 9.17) is 9.47 Å². The van der Waals surface area contributed by atoms with Gasteiger partial charge in [-0.15, -0.1) is 0 Å². The van der Waals surface area contributed by atoms with Crippen molar-refractivity contribution in [2.75, 3.05) is 26.2 Å². The summed E-state index contributed by atoms with van der Waals surface area (Å²) in [7, 11) is 0. The molecule has 9 heteroatoms. The number of aliphatic hydroxyl groups is 1. The van der Waals surface area contributed by atoms with Crippen molar-refractivity contribution in [2.24, 2.45) is 40.4 Å². The summed E-state index contributed by atoms with van der Waals surface area (Å²) in [5.74, 6) is 0.568. The molecule has 9 nitrogen and oxygen atoms in total. The number of amides is 1. The molecule has 0 aromatic heterocycles. The second kappa shape index (κ2) is 10.0. The van der Waals surface area contributed by atoms with E-state index in [2.05, 4.69) is 19.2 Å². The lowest BCUT2D eigenvalue weighted by Crippen LogP contribution is -2.62. The van der Waals surface area contributed by atoms with Crippen LogP contribution in [0.2, 0.25) is 0 Å². The second-order valence-electron chi connectivity index (χ2n) is 14.2. The zero-order valence-electron chi connectivity index (χ0n) is 24.2. The molecule has 2 aliphatic heterocycles. The van der Waals surface area contributed by atoms with Crippen molar-refractivity contribution in [3.63, 3.8) is 0 Å². The van der Waals surface area contributed by atoms with Crippen LogP contribution in [0.15, 0.2) is 11.6 Å². The van der Waals surface area contributed by atoms with Crippen molar-refractivity contribution >= 4 is 18.0 Å². The number of hydrogen-bond donors (Lipinski definition) is 3. The zero-order chi connectivity index (χ0) is 28.4. The lowest BCUT2D eigenvalue weighted by molar-refractivity contribution is -0.206. The van der Waals surface area contributed by atoms with E-state index in [-0.39, 0.29) is 41.8 Å². The number of nitrogens with zero attached hydrogens (tertiary/aromatic N) is 1. The minimum absolute atomic E-state index is 0.115. The average molecular weight is 559 g/mol. The molecule has 4 aliphatic carbocycles. The highest BCUT2D eigenvalue weighted by molar-refractivity contribution is 5.85. The van der Waals surface area contributed by atoms with E-state index in [1.807, 2.05) is 0 Å². The van der Waals surface area contributed by atoms with Crippen LogP contribution in [0.3, 0.4) is 0 Å². The van der Waals surface area contributed by atoms with E-state index < -0.39 is 23.2 Å². The number of carbonyl (C=O) groups excluding carboxylic acids is 2. The van der Waals surface area contributed by atoms with E-state index in [0.29, 0.717) is 37.3 Å². The predicted molar refractivity (Wildman–Crippen MR) is 146 cm³/mol. The summed E-state index contributed by atoms with van der Waals surface area (Å²) in [5.41, 5.74) is -0.518. The van der Waals surface area contributed by atoms with Crippen molar-refractivity contribution in [2.45, 2.75) is 96.3 Å². The van der Waals surface area contributed by atoms with Gasteiger partial charge in [0.25, 0.3) is 0 Å². The standard InChI is InChI=1S/C31H46N2O7/c1-18(34)40-25-15-31(38)23-6-5-21-13-19(24-16-33(28(36)37)12-4-11-32-24)7-9-29(21,2)22(23)8-10-30(31,3)27(25)20-14-26(35)39-17-20/h14,19,21-25,27,32,38H,4-13,15-17H2,1-3H3,(H,36,37)/t19?,21-,22+,23-,24-,25+,27+,29+,30-,31+/m1/s1. The lowest BCUT2D eigenvalue weighted by Gasteiger charge is -2.64. The molecule has 0 bridgehead atoms. The average Bonchev–Trinajstić information content (AvgIpc) is 3.27. The molecule has 0 aromatic rings. The Bertz CT molecular complexity index is 1090. The molecule has 2 heterocycles. The fourth-order valence-electron chi connectivity index (χ4n) is 10.6. The van der Waals surface area contributed by atoms with Gasteiger partial charge in [0.05, 0.1) is 5.60 Å². The van der Waals surface area contributed by atoms with Crippen molar-refractivity contribution in [1.82, 2.24) is 10.2 Å². The number of carbonyl (C=O) groups is 3. The molecular formula is C31H46N2O7. The first-order valence-electron chi connectivity index (χ1n) is 15.4. The summed E-state index contributed by atoms with van der Waals surface area (Å²) in [6.45, 7) is 8.25. The van der Waals surface area contributed by atoms with Crippen molar-refractivity contribution < 1.29 is 34.1 Å². The summed E-state index contributed by atoms with van der Waals surface area (Å²) >= 11 is 0. The molecule has 1 amide bonds. The Morgan fingerprint density at radius 1 is 1.15 bits per heavy atom. The van der Waals surface area contributed by atoms with Gasteiger partial charge in [-0.25, -0.2) is 9.59 Å². The van der Waals surface area contributed by atoms with Crippen LogP contribution in [0.1, 0.15) is 78.6 Å². The molecule has 0 aromatic carbocycles. The quantitative estimate of drug-likeness (QED) is 0.448. The number of hydrogen-bond acceptors (Lipinski definition) is 7. The van der Waals surface area contributed by atoms with Gasteiger partial charge in [0.2, 0.25) is 0 Å². The number of nitrogens with one attached hydrogen (secondary N) is 1. The number of cyclic esters (lactones) is 1. The molecule has 5 fully saturated rings. The maximum absolute atomic E-state index is 12.7. The Balaban J connectivity index is 1.24. The van der Waals surface area contributed by atoms with Gasteiger partial charge in [0.15, 0.2) is 0 Å². The Labute approximate surface area is 237 Å². The summed E-state index contributed by atoms with van der Waals surface area (Å²) < 4.78 is 11.1. The maximum atomic E-state index is 12.7. The summed E-state index contributed by atoms with van der Waals surface area (Å²) in [6, 6.07) is 0.199. The smallest absolute Gasteiger partial charge is 0.407 e. The molecule has 0 spiro atoms. The molecule has 0 radical (unpaired) electrons. The molecule has 1 saturated heterocycles. The molecule has 3 N–H and O–H groups in total. The van der Waals surface area contributed by atoms with Gasteiger partial charge < -0.3 is 29.9 Å². The Morgan fingerprint density at radius 3 is 2.65 bits per heavy atom. The largest absolute Gasteiger partial charge is 0.465 e. The van der Waals surface area contributed by atoms with Crippen molar-refractivity contribution in [1.29, 1.82) is 0 Å². The Hall–Kier alpha value is -2.13. The van der Waals surface area contributed by atoms with Gasteiger partial charge in [0, 0.05) is 49.9 Å². The first kappa shape index (κ1) is 28.0. The van der Waals surface area contributed by atoms with Crippen LogP contribution in [-0.4, -0.2) is 77.1 Å². The topological polar surface area (TPSA) is 125 Å². The first-order valence-corrected chi connectivity index (χ1v) is 15.4. The van der Waals surface area contributed by atoms with Crippen LogP contribution in [0.5, 0.6) is 0 Å². The van der Waals surface area contributed by atoms with Gasteiger partial charge >= 0.3 is 18.0 Å². The van der Waals surface area contributed by atoms with Gasteiger partial charge in [-0.05, 0) is 92.6 Å². The van der Waals surface area contributed by atoms with Crippen molar-refractivity contribution in [3.8, 4) is 0 Å². The monoisotopic (exact) mass is 558 g/mol. The lowest BCUT2D eigenvalue weighted by atomic mass is 9.42. The summed E-state index contributed by atoms with van der Waals surface area (Å²) in [5, 5.41) is 26.0. The Morgan fingerprint density at radius 2 is 1.95 bits per heavy atom. The van der Waals surface area contributed by atoms with Crippen LogP contribution < -0.4 is 5.32 Å². The highest BCUT2D eigenvalue weighted by Gasteiger charge is 2.71. The van der Waals surface area contributed by atoms with E-state index in [0.717, 1.165) is 63.5 Å². The minimum atomic E-state index is -0.983. The van der Waals surface area contributed by atoms with Gasteiger partial charge in [-0.1, -0.05) is 13.8 Å². The number of ether oxygens (including phenoxy) is 2. The summed E-state index contributed by atoms with van der Waals surface area (Å²) in [6.07, 6.45) is 8.61. The Kier molecular flexibility index (Phi) is 7.00. The van der Waals surface area contributed by atoms with E-state index in [9.17, 15) is 24.6 Å². The van der Waals surface area contributed by atoms with Crippen LogP contribution in [-0.2, 0) is 19.1 Å². The van der Waals surface area contributed by atoms with Gasteiger partial charge in [-0.2, -0.15) is 0 Å². The first-order chi connectivity index (χ1) is 19.0. The molecule has 10 atom stereocenters. The number of carboxylic acid groups (broad SMARTS) is 1. The molecular weight excluding hydrogens is 512 g/mol. The fraction of sp³-hybridized carbons (Fsp3) is 0.839. The third-order valence-electron chi connectivity index (χ3n) is 12.5. The van der Waals surface area contributed by atoms with Gasteiger partial charge in [-0.3, -0.25) is 4.79 Å². The maximum Gasteiger partial charge on any atom is 0.407 e. The highest BCUT2D eigenvalue weighted by atomic mass is 16.5.